The zero-order chi connectivity index (χ0) is 10.7. The molecule has 0 saturated carbocycles. The SMILES string of the molecule is CCc1ccc(C(N)Cc2nccs2)o1. The highest BCUT2D eigenvalue weighted by Gasteiger charge is 2.12. The molecule has 0 aliphatic heterocycles. The lowest BCUT2D eigenvalue weighted by Crippen LogP contribution is -2.12. The van der Waals surface area contributed by atoms with E-state index in [1.165, 1.54) is 0 Å². The van der Waals surface area contributed by atoms with Crippen LogP contribution < -0.4 is 5.73 Å². The molecule has 80 valence electrons. The minimum atomic E-state index is -0.0866. The van der Waals surface area contributed by atoms with Crippen molar-refractivity contribution in [3.05, 3.63) is 40.2 Å². The minimum absolute atomic E-state index is 0.0866. The Morgan fingerprint density at radius 1 is 1.53 bits per heavy atom. The predicted molar refractivity (Wildman–Crippen MR) is 60.8 cm³/mol. The molecule has 0 radical (unpaired) electrons. The van der Waals surface area contributed by atoms with Crippen molar-refractivity contribution in [2.24, 2.45) is 5.73 Å². The van der Waals surface area contributed by atoms with Gasteiger partial charge in [-0.2, -0.15) is 0 Å². The van der Waals surface area contributed by atoms with Crippen LogP contribution in [0, 0.1) is 0 Å². The smallest absolute Gasteiger partial charge is 0.121 e. The maximum atomic E-state index is 6.03. The topological polar surface area (TPSA) is 52.0 Å². The van der Waals surface area contributed by atoms with Crippen LogP contribution in [0.15, 0.2) is 28.1 Å². The fourth-order valence-electron chi connectivity index (χ4n) is 1.43. The van der Waals surface area contributed by atoms with Crippen LogP contribution >= 0.6 is 11.3 Å². The number of nitrogens with two attached hydrogens (primary N) is 1. The first-order valence-electron chi connectivity index (χ1n) is 5.02. The van der Waals surface area contributed by atoms with E-state index < -0.39 is 0 Å². The normalized spacial score (nSPS) is 12.9. The molecule has 1 atom stereocenters. The molecule has 0 fully saturated rings. The van der Waals surface area contributed by atoms with Crippen molar-refractivity contribution in [1.82, 2.24) is 4.98 Å². The predicted octanol–water partition coefficient (Wildman–Crippen LogP) is 2.54. The van der Waals surface area contributed by atoms with E-state index in [4.69, 9.17) is 10.2 Å². The van der Waals surface area contributed by atoms with Gasteiger partial charge in [0, 0.05) is 24.4 Å². The van der Waals surface area contributed by atoms with Crippen LogP contribution in [-0.2, 0) is 12.8 Å². The van der Waals surface area contributed by atoms with Crippen molar-refractivity contribution in [3.63, 3.8) is 0 Å². The number of furan rings is 1. The first-order chi connectivity index (χ1) is 7.29. The lowest BCUT2D eigenvalue weighted by molar-refractivity contribution is 0.434. The molecule has 0 amide bonds. The fourth-order valence-corrected chi connectivity index (χ4v) is 2.10. The van der Waals surface area contributed by atoms with Gasteiger partial charge in [-0.25, -0.2) is 4.98 Å². The minimum Gasteiger partial charge on any atom is -0.464 e. The van der Waals surface area contributed by atoms with Gasteiger partial charge >= 0.3 is 0 Å². The zero-order valence-electron chi connectivity index (χ0n) is 8.64. The third-order valence-corrected chi connectivity index (χ3v) is 3.08. The summed E-state index contributed by atoms with van der Waals surface area (Å²) in [7, 11) is 0. The number of hydrogen-bond acceptors (Lipinski definition) is 4. The first-order valence-corrected chi connectivity index (χ1v) is 5.90. The molecule has 2 aromatic heterocycles. The van der Waals surface area contributed by atoms with Crippen molar-refractivity contribution < 1.29 is 4.42 Å². The van der Waals surface area contributed by atoms with Crippen LogP contribution in [-0.4, -0.2) is 4.98 Å². The maximum Gasteiger partial charge on any atom is 0.121 e. The largest absolute Gasteiger partial charge is 0.464 e. The van der Waals surface area contributed by atoms with Crippen LogP contribution in [0.25, 0.3) is 0 Å². The van der Waals surface area contributed by atoms with Crippen LogP contribution in [0.4, 0.5) is 0 Å². The molecule has 15 heavy (non-hydrogen) atoms. The molecule has 2 N–H and O–H groups in total. The fraction of sp³-hybridized carbons (Fsp3) is 0.364. The number of thiazole rings is 1. The molecule has 2 heterocycles. The summed E-state index contributed by atoms with van der Waals surface area (Å²) in [6.45, 7) is 2.06. The van der Waals surface area contributed by atoms with E-state index in [0.717, 1.165) is 29.4 Å². The Bertz CT molecular complexity index is 408. The molecule has 2 rings (SSSR count). The van der Waals surface area contributed by atoms with E-state index in [1.807, 2.05) is 17.5 Å². The molecule has 0 saturated heterocycles. The Hall–Kier alpha value is -1.13. The number of hydrogen-bond donors (Lipinski definition) is 1. The summed E-state index contributed by atoms with van der Waals surface area (Å²) in [6.07, 6.45) is 3.45. The first kappa shape index (κ1) is 10.4. The number of aromatic nitrogens is 1. The summed E-state index contributed by atoms with van der Waals surface area (Å²) in [5.41, 5.74) is 6.03. The second-order valence-electron chi connectivity index (χ2n) is 3.39. The van der Waals surface area contributed by atoms with Gasteiger partial charge in [-0.05, 0) is 12.1 Å². The van der Waals surface area contributed by atoms with Crippen LogP contribution in [0.2, 0.25) is 0 Å². The number of rotatable bonds is 4. The van der Waals surface area contributed by atoms with Crippen molar-refractivity contribution >= 4 is 11.3 Å². The van der Waals surface area contributed by atoms with Gasteiger partial charge < -0.3 is 10.2 Å². The van der Waals surface area contributed by atoms with Gasteiger partial charge in [-0.15, -0.1) is 11.3 Å². The molecule has 0 spiro atoms. The quantitative estimate of drug-likeness (QED) is 0.864. The van der Waals surface area contributed by atoms with Gasteiger partial charge in [0.05, 0.1) is 11.0 Å². The Morgan fingerprint density at radius 3 is 3.00 bits per heavy atom. The van der Waals surface area contributed by atoms with Gasteiger partial charge in [-0.3, -0.25) is 0 Å². The Labute approximate surface area is 92.9 Å². The monoisotopic (exact) mass is 222 g/mol. The lowest BCUT2D eigenvalue weighted by atomic mass is 10.2. The highest BCUT2D eigenvalue weighted by Crippen LogP contribution is 2.19. The van der Waals surface area contributed by atoms with Crippen LogP contribution in [0.3, 0.4) is 0 Å². The Balaban J connectivity index is 2.04. The molecular weight excluding hydrogens is 208 g/mol. The van der Waals surface area contributed by atoms with E-state index in [2.05, 4.69) is 11.9 Å². The maximum absolute atomic E-state index is 6.03. The molecule has 3 nitrogen and oxygen atoms in total. The lowest BCUT2D eigenvalue weighted by Gasteiger charge is -2.05. The molecule has 0 bridgehead atoms. The van der Waals surface area contributed by atoms with Crippen LogP contribution in [0.5, 0.6) is 0 Å². The zero-order valence-corrected chi connectivity index (χ0v) is 9.46. The number of nitrogens with zero attached hydrogens (tertiary/aromatic N) is 1. The summed E-state index contributed by atoms with van der Waals surface area (Å²) in [6, 6.07) is 3.85. The summed E-state index contributed by atoms with van der Waals surface area (Å²) in [5.74, 6) is 1.83. The van der Waals surface area contributed by atoms with E-state index in [0.29, 0.717) is 0 Å². The summed E-state index contributed by atoms with van der Waals surface area (Å²) in [4.78, 5) is 4.21. The molecule has 0 aromatic carbocycles. The van der Waals surface area contributed by atoms with Crippen molar-refractivity contribution in [2.75, 3.05) is 0 Å². The van der Waals surface area contributed by atoms with Gasteiger partial charge in [0.1, 0.15) is 11.5 Å². The van der Waals surface area contributed by atoms with E-state index >= 15 is 0 Å². The van der Waals surface area contributed by atoms with Gasteiger partial charge in [0.15, 0.2) is 0 Å². The molecule has 2 aromatic rings. The highest BCUT2D eigenvalue weighted by atomic mass is 32.1. The van der Waals surface area contributed by atoms with Gasteiger partial charge in [-0.1, -0.05) is 6.92 Å². The van der Waals surface area contributed by atoms with Crippen molar-refractivity contribution in [1.29, 1.82) is 0 Å². The molecule has 4 heteroatoms. The van der Waals surface area contributed by atoms with E-state index in [1.54, 1.807) is 17.5 Å². The third kappa shape index (κ3) is 2.46. The standard InChI is InChI=1S/C11H14N2OS/c1-2-8-3-4-10(14-8)9(12)7-11-13-5-6-15-11/h3-6,9H,2,7,12H2,1H3. The molecule has 1 unspecified atom stereocenters. The van der Waals surface area contributed by atoms with Gasteiger partial charge in [0.2, 0.25) is 0 Å². The molecule has 0 aliphatic rings. The number of aryl methyl sites for hydroxylation is 1. The van der Waals surface area contributed by atoms with Crippen molar-refractivity contribution in [2.45, 2.75) is 25.8 Å². The highest BCUT2D eigenvalue weighted by molar-refractivity contribution is 7.09. The third-order valence-electron chi connectivity index (χ3n) is 2.27. The molecule has 0 aliphatic carbocycles. The Kier molecular flexibility index (Phi) is 3.18. The summed E-state index contributed by atoms with van der Waals surface area (Å²) < 4.78 is 5.60. The van der Waals surface area contributed by atoms with E-state index in [-0.39, 0.29) is 6.04 Å². The van der Waals surface area contributed by atoms with Gasteiger partial charge in [0.25, 0.3) is 0 Å². The second kappa shape index (κ2) is 4.59. The average Bonchev–Trinajstić information content (AvgIpc) is 2.86. The molecular formula is C11H14N2OS. The van der Waals surface area contributed by atoms with Crippen LogP contribution in [0.1, 0.15) is 29.5 Å². The van der Waals surface area contributed by atoms with E-state index in [9.17, 15) is 0 Å². The summed E-state index contributed by atoms with van der Waals surface area (Å²) in [5, 5.41) is 3.01. The Morgan fingerprint density at radius 2 is 2.40 bits per heavy atom. The second-order valence-corrected chi connectivity index (χ2v) is 4.37. The average molecular weight is 222 g/mol. The summed E-state index contributed by atoms with van der Waals surface area (Å²) >= 11 is 1.63. The van der Waals surface area contributed by atoms with Crippen molar-refractivity contribution in [3.8, 4) is 0 Å².